The van der Waals surface area contributed by atoms with Crippen LogP contribution in [0, 0.1) is 0 Å². The van der Waals surface area contributed by atoms with Crippen molar-refractivity contribution in [2.75, 3.05) is 19.8 Å². The minimum Gasteiger partial charge on any atom is -0.466 e. The number of amides is 1. The number of rotatable bonds is 71. The first-order valence-corrected chi connectivity index (χ1v) is 39.8. The number of unbranched alkanes of at least 4 members (excludes halogenated alkanes) is 53. The molecule has 0 aromatic carbocycles. The fourth-order valence-corrected chi connectivity index (χ4v) is 12.7. The van der Waals surface area contributed by atoms with E-state index in [2.05, 4.69) is 43.5 Å². The predicted molar refractivity (Wildman–Crippen MR) is 384 cm³/mol. The van der Waals surface area contributed by atoms with Crippen molar-refractivity contribution < 1.29 is 49.3 Å². The molecule has 0 spiro atoms. The lowest BCUT2D eigenvalue weighted by atomic mass is 9.99. The molecule has 1 saturated heterocycles. The fraction of sp³-hybridized carbons (Fsp3) is 0.900. The van der Waals surface area contributed by atoms with Gasteiger partial charge in [0, 0.05) is 12.8 Å². The summed E-state index contributed by atoms with van der Waals surface area (Å²) in [6.07, 6.45) is 80.4. The van der Waals surface area contributed by atoms with Crippen molar-refractivity contribution in [3.8, 4) is 0 Å². The fourth-order valence-electron chi connectivity index (χ4n) is 12.7. The molecule has 1 heterocycles. The third kappa shape index (κ3) is 57.8. The highest BCUT2D eigenvalue weighted by molar-refractivity contribution is 5.76. The van der Waals surface area contributed by atoms with Crippen LogP contribution in [0.4, 0.5) is 0 Å². The average molecular weight is 1290 g/mol. The zero-order valence-electron chi connectivity index (χ0n) is 59.8. The summed E-state index contributed by atoms with van der Waals surface area (Å²) in [7, 11) is 0. The molecule has 0 aromatic rings. The molecule has 1 amide bonds. The van der Waals surface area contributed by atoms with Gasteiger partial charge in [0.2, 0.25) is 5.91 Å². The number of allylic oxidation sites excluding steroid dienone is 5. The standard InChI is InChI=1S/C80H151NO10/c1-3-5-7-9-11-13-15-46-50-54-58-62-66-73(83)72(71-90-80-79(88)78(87)77(86)74(70-82)91-80)81-75(84)67-63-59-55-51-47-44-42-40-38-36-34-32-30-28-26-24-22-20-18-17-19-21-23-25-27-29-31-33-35-37-39-41-43-45-49-53-57-61-65-69-89-76(85)68-64-60-56-52-48-16-14-12-10-8-6-4-2/h12,14,17-18,62,66,72-74,77-80,82-83,86-88H,3-11,13,15-16,19-61,63-65,67-71H2,1-2H3,(H,81,84)/b14-12-,18-17-,66-62+. The zero-order chi connectivity index (χ0) is 65.8. The van der Waals surface area contributed by atoms with E-state index in [1.165, 1.54) is 315 Å². The van der Waals surface area contributed by atoms with Gasteiger partial charge in [-0.25, -0.2) is 0 Å². The Morgan fingerprint density at radius 1 is 0.396 bits per heavy atom. The normalized spacial score (nSPS) is 17.7. The van der Waals surface area contributed by atoms with Crippen molar-refractivity contribution in [2.45, 2.75) is 442 Å². The number of carbonyl (C=O) groups is 2. The van der Waals surface area contributed by atoms with E-state index in [4.69, 9.17) is 14.2 Å². The van der Waals surface area contributed by atoms with Gasteiger partial charge >= 0.3 is 5.97 Å². The molecule has 0 aromatic heterocycles. The van der Waals surface area contributed by atoms with Gasteiger partial charge in [0.15, 0.2) is 6.29 Å². The van der Waals surface area contributed by atoms with E-state index in [1.54, 1.807) is 6.08 Å². The Morgan fingerprint density at radius 2 is 0.703 bits per heavy atom. The summed E-state index contributed by atoms with van der Waals surface area (Å²) in [6.45, 7) is 4.36. The highest BCUT2D eigenvalue weighted by Gasteiger charge is 2.44. The van der Waals surface area contributed by atoms with E-state index in [0.29, 0.717) is 19.4 Å². The Hall–Kier alpha value is -2.12. The van der Waals surface area contributed by atoms with E-state index in [0.717, 1.165) is 57.8 Å². The number of aliphatic hydroxyl groups is 5. The monoisotopic (exact) mass is 1290 g/mol. The molecule has 0 saturated carbocycles. The second kappa shape index (κ2) is 69.2. The van der Waals surface area contributed by atoms with Crippen molar-refractivity contribution >= 4 is 11.9 Å². The topological polar surface area (TPSA) is 175 Å². The van der Waals surface area contributed by atoms with Crippen LogP contribution >= 0.6 is 0 Å². The van der Waals surface area contributed by atoms with Gasteiger partial charge in [-0.2, -0.15) is 0 Å². The number of esters is 1. The number of ether oxygens (including phenoxy) is 3. The second-order valence-electron chi connectivity index (χ2n) is 27.8. The van der Waals surface area contributed by atoms with Crippen LogP contribution in [0.1, 0.15) is 399 Å². The molecule has 7 atom stereocenters. The SMILES string of the molecule is CCCCC/C=C\CCCCCCCC(=O)OCCCCCCCCCCCCCCCCCCCC/C=C\CCCCCCCCCCCCCCCCCCCC(=O)NC(COC1OC(CO)C(O)C(O)C1O)C(O)/C=C/CCCCCCCCCCCC. The molecular formula is C80H151NO10. The van der Waals surface area contributed by atoms with Crippen LogP contribution in [-0.2, 0) is 23.8 Å². The van der Waals surface area contributed by atoms with Gasteiger partial charge in [-0.05, 0) is 83.5 Å². The molecule has 0 bridgehead atoms. The summed E-state index contributed by atoms with van der Waals surface area (Å²) in [5.74, 6) is -0.168. The van der Waals surface area contributed by atoms with Crippen LogP contribution in [0.25, 0.3) is 0 Å². The predicted octanol–water partition coefficient (Wildman–Crippen LogP) is 21.3. The van der Waals surface area contributed by atoms with Gasteiger partial charge in [-0.1, -0.05) is 339 Å². The van der Waals surface area contributed by atoms with Crippen molar-refractivity contribution in [2.24, 2.45) is 0 Å². The quantitative estimate of drug-likeness (QED) is 0.0195. The van der Waals surface area contributed by atoms with Crippen LogP contribution in [0.3, 0.4) is 0 Å². The maximum Gasteiger partial charge on any atom is 0.305 e. The van der Waals surface area contributed by atoms with Gasteiger partial charge < -0.3 is 45.1 Å². The Balaban J connectivity index is 1.89. The summed E-state index contributed by atoms with van der Waals surface area (Å²) >= 11 is 0. The molecule has 0 radical (unpaired) electrons. The third-order valence-electron chi connectivity index (χ3n) is 19.0. The summed E-state index contributed by atoms with van der Waals surface area (Å²) in [4.78, 5) is 25.1. The molecule has 1 aliphatic rings. The Kier molecular flexibility index (Phi) is 66.1. The largest absolute Gasteiger partial charge is 0.466 e. The number of nitrogens with one attached hydrogen (secondary N) is 1. The van der Waals surface area contributed by atoms with Gasteiger partial charge in [-0.15, -0.1) is 0 Å². The summed E-state index contributed by atoms with van der Waals surface area (Å²) < 4.78 is 16.8. The van der Waals surface area contributed by atoms with Gasteiger partial charge in [0.25, 0.3) is 0 Å². The lowest BCUT2D eigenvalue weighted by Crippen LogP contribution is -2.60. The van der Waals surface area contributed by atoms with E-state index < -0.39 is 49.5 Å². The first kappa shape index (κ1) is 86.9. The molecule has 11 nitrogen and oxygen atoms in total. The molecule has 1 fully saturated rings. The highest BCUT2D eigenvalue weighted by atomic mass is 16.7. The lowest BCUT2D eigenvalue weighted by Gasteiger charge is -2.40. The first-order valence-electron chi connectivity index (χ1n) is 39.8. The van der Waals surface area contributed by atoms with E-state index in [9.17, 15) is 35.1 Å². The van der Waals surface area contributed by atoms with Crippen LogP contribution in [0.15, 0.2) is 36.5 Å². The van der Waals surface area contributed by atoms with Crippen LogP contribution in [0.5, 0.6) is 0 Å². The summed E-state index contributed by atoms with van der Waals surface area (Å²) in [5.41, 5.74) is 0. The third-order valence-corrected chi connectivity index (χ3v) is 19.0. The minimum atomic E-state index is -1.57. The van der Waals surface area contributed by atoms with Crippen molar-refractivity contribution in [1.29, 1.82) is 0 Å². The minimum absolute atomic E-state index is 0.00705. The Bertz CT molecular complexity index is 1610. The van der Waals surface area contributed by atoms with Crippen LogP contribution in [-0.4, -0.2) is 100 Å². The van der Waals surface area contributed by atoms with Crippen molar-refractivity contribution in [3.05, 3.63) is 36.5 Å². The van der Waals surface area contributed by atoms with E-state index >= 15 is 0 Å². The maximum absolute atomic E-state index is 13.1. The summed E-state index contributed by atoms with van der Waals surface area (Å²) in [5, 5.41) is 54.5. The molecule has 1 aliphatic heterocycles. The van der Waals surface area contributed by atoms with Gasteiger partial charge in [0.05, 0.1) is 32.0 Å². The highest BCUT2D eigenvalue weighted by Crippen LogP contribution is 2.24. The smallest absolute Gasteiger partial charge is 0.305 e. The average Bonchev–Trinajstić information content (AvgIpc) is 1.35. The molecule has 0 aliphatic carbocycles. The molecule has 1 rings (SSSR count). The number of hydrogen-bond donors (Lipinski definition) is 6. The lowest BCUT2D eigenvalue weighted by molar-refractivity contribution is -0.302. The molecule has 536 valence electrons. The Morgan fingerprint density at radius 3 is 1.08 bits per heavy atom. The molecule has 6 N–H and O–H groups in total. The van der Waals surface area contributed by atoms with Crippen molar-refractivity contribution in [1.82, 2.24) is 5.32 Å². The Labute approximate surface area is 562 Å². The first-order chi connectivity index (χ1) is 44.7. The van der Waals surface area contributed by atoms with Crippen molar-refractivity contribution in [3.63, 3.8) is 0 Å². The van der Waals surface area contributed by atoms with Crippen LogP contribution < -0.4 is 5.32 Å². The molecule has 7 unspecified atom stereocenters. The van der Waals surface area contributed by atoms with Gasteiger partial charge in [-0.3, -0.25) is 9.59 Å². The van der Waals surface area contributed by atoms with E-state index in [1.807, 2.05) is 6.08 Å². The van der Waals surface area contributed by atoms with Crippen LogP contribution in [0.2, 0.25) is 0 Å². The molecule has 91 heavy (non-hydrogen) atoms. The summed E-state index contributed by atoms with van der Waals surface area (Å²) in [6, 6.07) is -0.806. The van der Waals surface area contributed by atoms with E-state index in [-0.39, 0.29) is 18.5 Å². The number of aliphatic hydroxyl groups excluding tert-OH is 5. The second-order valence-corrected chi connectivity index (χ2v) is 27.8. The zero-order valence-corrected chi connectivity index (χ0v) is 59.8. The number of carbonyl (C=O) groups excluding carboxylic acids is 2. The maximum atomic E-state index is 13.1. The molecular weight excluding hydrogens is 1130 g/mol. The molecule has 11 heteroatoms. The number of hydrogen-bond acceptors (Lipinski definition) is 10. The van der Waals surface area contributed by atoms with Gasteiger partial charge in [0.1, 0.15) is 24.4 Å².